The van der Waals surface area contributed by atoms with Crippen LogP contribution >= 0.6 is 34.2 Å². The van der Waals surface area contributed by atoms with Crippen molar-refractivity contribution in [1.29, 1.82) is 0 Å². The van der Waals surface area contributed by atoms with E-state index < -0.39 is 5.82 Å². The van der Waals surface area contributed by atoms with Gasteiger partial charge in [-0.2, -0.15) is 0 Å². The van der Waals surface area contributed by atoms with Gasteiger partial charge in [-0.3, -0.25) is 0 Å². The second kappa shape index (κ2) is 10.1. The molecule has 0 aliphatic rings. The summed E-state index contributed by atoms with van der Waals surface area (Å²) in [5.41, 5.74) is 2.43. The molecule has 0 radical (unpaired) electrons. The number of anilines is 1. The molecule has 0 saturated heterocycles. The average Bonchev–Trinajstić information content (AvgIpc) is 2.68. The molecule has 0 heterocycles. The largest absolute Gasteiger partial charge is 0.490 e. The van der Waals surface area contributed by atoms with Crippen LogP contribution in [0, 0.1) is 15.2 Å². The van der Waals surface area contributed by atoms with Crippen molar-refractivity contribution in [1.82, 2.24) is 0 Å². The average molecular weight is 530 g/mol. The van der Waals surface area contributed by atoms with Gasteiger partial charge in [-0.25, -0.2) is 8.78 Å². The molecule has 0 saturated carbocycles. The number of hydrogen-bond donors (Lipinski definition) is 1. The Morgan fingerprint density at radius 2 is 1.83 bits per heavy atom. The standard InChI is InChI=1S/C22H19ClF2INO2/c1-2-28-21-10-15(12-27-17-6-7-19(25)18(23)11-17)9-20(26)22(21)29-13-14-4-3-5-16(24)8-14/h3-11,27H,2,12-13H2,1H3. The van der Waals surface area contributed by atoms with Gasteiger partial charge in [0.15, 0.2) is 11.5 Å². The van der Waals surface area contributed by atoms with Crippen LogP contribution in [0.4, 0.5) is 14.5 Å². The summed E-state index contributed by atoms with van der Waals surface area (Å²) >= 11 is 8.01. The molecule has 3 rings (SSSR count). The van der Waals surface area contributed by atoms with E-state index in [1.165, 1.54) is 18.2 Å². The number of nitrogens with one attached hydrogen (secondary N) is 1. The molecule has 0 atom stereocenters. The van der Waals surface area contributed by atoms with Crippen LogP contribution in [0.15, 0.2) is 54.6 Å². The molecular formula is C22H19ClF2INO2. The van der Waals surface area contributed by atoms with E-state index in [2.05, 4.69) is 27.9 Å². The maximum Gasteiger partial charge on any atom is 0.174 e. The summed E-state index contributed by atoms with van der Waals surface area (Å²) in [7, 11) is 0. The van der Waals surface area contributed by atoms with Gasteiger partial charge in [0.05, 0.1) is 15.2 Å². The molecule has 0 amide bonds. The Balaban J connectivity index is 1.75. The van der Waals surface area contributed by atoms with E-state index in [0.29, 0.717) is 24.7 Å². The normalized spacial score (nSPS) is 10.7. The molecule has 3 aromatic rings. The summed E-state index contributed by atoms with van der Waals surface area (Å²) in [4.78, 5) is 0. The summed E-state index contributed by atoms with van der Waals surface area (Å²) < 4.78 is 39.2. The molecule has 0 aliphatic carbocycles. The smallest absolute Gasteiger partial charge is 0.174 e. The van der Waals surface area contributed by atoms with Crippen molar-refractivity contribution in [2.24, 2.45) is 0 Å². The van der Waals surface area contributed by atoms with Crippen LogP contribution in [0.3, 0.4) is 0 Å². The van der Waals surface area contributed by atoms with E-state index in [9.17, 15) is 8.78 Å². The van der Waals surface area contributed by atoms with Crippen molar-refractivity contribution >= 4 is 39.9 Å². The second-order valence-corrected chi connectivity index (χ2v) is 7.81. The first kappa shape index (κ1) is 21.6. The Bertz CT molecular complexity index is 1000. The van der Waals surface area contributed by atoms with Gasteiger partial charge in [0, 0.05) is 12.2 Å². The molecule has 0 bridgehead atoms. The lowest BCUT2D eigenvalue weighted by Gasteiger charge is -2.16. The van der Waals surface area contributed by atoms with Crippen LogP contribution in [0.25, 0.3) is 0 Å². The van der Waals surface area contributed by atoms with E-state index in [4.69, 9.17) is 21.1 Å². The first-order chi connectivity index (χ1) is 14.0. The molecule has 29 heavy (non-hydrogen) atoms. The van der Waals surface area contributed by atoms with Crippen molar-refractivity contribution in [3.05, 3.63) is 86.0 Å². The molecule has 0 unspecified atom stereocenters. The van der Waals surface area contributed by atoms with Gasteiger partial charge in [0.2, 0.25) is 0 Å². The van der Waals surface area contributed by atoms with E-state index >= 15 is 0 Å². The highest BCUT2D eigenvalue weighted by Crippen LogP contribution is 2.35. The van der Waals surface area contributed by atoms with Gasteiger partial charge < -0.3 is 14.8 Å². The summed E-state index contributed by atoms with van der Waals surface area (Å²) in [5, 5.41) is 3.29. The predicted octanol–water partition coefficient (Wildman–Crippen LogP) is 6.81. The minimum atomic E-state index is -0.454. The van der Waals surface area contributed by atoms with E-state index in [0.717, 1.165) is 20.4 Å². The van der Waals surface area contributed by atoms with Crippen LogP contribution < -0.4 is 14.8 Å². The highest BCUT2D eigenvalue weighted by Gasteiger charge is 2.13. The zero-order valence-corrected chi connectivity index (χ0v) is 18.6. The SMILES string of the molecule is CCOc1cc(CNc2ccc(F)c(Cl)c2)cc(I)c1OCc1cccc(F)c1. The summed E-state index contributed by atoms with van der Waals surface area (Å²) in [6, 6.07) is 14.7. The Hall–Kier alpha value is -2.06. The summed E-state index contributed by atoms with van der Waals surface area (Å²) in [6.45, 7) is 3.12. The Morgan fingerprint density at radius 3 is 2.55 bits per heavy atom. The molecule has 3 aromatic carbocycles. The monoisotopic (exact) mass is 529 g/mol. The highest BCUT2D eigenvalue weighted by molar-refractivity contribution is 14.1. The fraction of sp³-hybridized carbons (Fsp3) is 0.182. The van der Waals surface area contributed by atoms with Gasteiger partial charge in [-0.15, -0.1) is 0 Å². The van der Waals surface area contributed by atoms with Gasteiger partial charge in [0.1, 0.15) is 18.2 Å². The zero-order valence-electron chi connectivity index (χ0n) is 15.6. The fourth-order valence-electron chi connectivity index (χ4n) is 2.72. The Morgan fingerprint density at radius 1 is 1.00 bits per heavy atom. The zero-order chi connectivity index (χ0) is 20.8. The van der Waals surface area contributed by atoms with Crippen LogP contribution in [-0.2, 0) is 13.2 Å². The number of ether oxygens (including phenoxy) is 2. The third-order valence-corrected chi connectivity index (χ3v) is 5.15. The van der Waals surface area contributed by atoms with Gasteiger partial charge in [0.25, 0.3) is 0 Å². The molecule has 1 N–H and O–H groups in total. The van der Waals surface area contributed by atoms with E-state index in [-0.39, 0.29) is 17.4 Å². The molecule has 0 aliphatic heterocycles. The quantitative estimate of drug-likeness (QED) is 0.325. The molecule has 0 spiro atoms. The summed E-state index contributed by atoms with van der Waals surface area (Å²) in [6.07, 6.45) is 0. The predicted molar refractivity (Wildman–Crippen MR) is 120 cm³/mol. The van der Waals surface area contributed by atoms with Crippen molar-refractivity contribution < 1.29 is 18.3 Å². The third kappa shape index (κ3) is 5.96. The first-order valence-corrected chi connectivity index (χ1v) is 10.4. The lowest BCUT2D eigenvalue weighted by Crippen LogP contribution is -2.05. The van der Waals surface area contributed by atoms with Gasteiger partial charge in [-0.05, 0) is 83.1 Å². The van der Waals surface area contributed by atoms with Crippen molar-refractivity contribution in [2.45, 2.75) is 20.1 Å². The molecule has 152 valence electrons. The molecule has 0 fully saturated rings. The number of benzene rings is 3. The van der Waals surface area contributed by atoms with Crippen LogP contribution in [0.5, 0.6) is 11.5 Å². The molecule has 3 nitrogen and oxygen atoms in total. The number of hydrogen-bond acceptors (Lipinski definition) is 3. The lowest BCUT2D eigenvalue weighted by molar-refractivity contribution is 0.267. The van der Waals surface area contributed by atoms with Crippen LogP contribution in [-0.4, -0.2) is 6.61 Å². The third-order valence-electron chi connectivity index (χ3n) is 4.06. The lowest BCUT2D eigenvalue weighted by atomic mass is 10.2. The Kier molecular flexibility index (Phi) is 7.55. The molecule has 0 aromatic heterocycles. The van der Waals surface area contributed by atoms with Crippen LogP contribution in [0.2, 0.25) is 5.02 Å². The van der Waals surface area contributed by atoms with E-state index in [1.807, 2.05) is 25.1 Å². The van der Waals surface area contributed by atoms with Crippen LogP contribution in [0.1, 0.15) is 18.1 Å². The Labute approximate surface area is 187 Å². The van der Waals surface area contributed by atoms with Crippen molar-refractivity contribution in [2.75, 3.05) is 11.9 Å². The number of halogens is 4. The van der Waals surface area contributed by atoms with Crippen molar-refractivity contribution in [3.63, 3.8) is 0 Å². The maximum absolute atomic E-state index is 13.4. The molecule has 7 heteroatoms. The topological polar surface area (TPSA) is 30.5 Å². The fourth-order valence-corrected chi connectivity index (χ4v) is 3.72. The number of rotatable bonds is 8. The molecular weight excluding hydrogens is 511 g/mol. The highest BCUT2D eigenvalue weighted by atomic mass is 127. The van der Waals surface area contributed by atoms with E-state index in [1.54, 1.807) is 18.2 Å². The minimum absolute atomic E-state index is 0.0701. The van der Waals surface area contributed by atoms with Gasteiger partial charge in [-0.1, -0.05) is 23.7 Å². The first-order valence-electron chi connectivity index (χ1n) is 8.97. The maximum atomic E-state index is 13.4. The summed E-state index contributed by atoms with van der Waals surface area (Å²) in [5.74, 6) is 0.480. The minimum Gasteiger partial charge on any atom is -0.490 e. The van der Waals surface area contributed by atoms with Crippen molar-refractivity contribution in [3.8, 4) is 11.5 Å². The van der Waals surface area contributed by atoms with Gasteiger partial charge >= 0.3 is 0 Å². The second-order valence-electron chi connectivity index (χ2n) is 6.24.